The maximum atomic E-state index is 12.0. The van der Waals surface area contributed by atoms with E-state index >= 15 is 0 Å². The molecule has 1 aliphatic heterocycles. The van der Waals surface area contributed by atoms with Crippen molar-refractivity contribution in [2.75, 3.05) is 7.05 Å². The van der Waals surface area contributed by atoms with E-state index in [1.807, 2.05) is 13.8 Å². The summed E-state index contributed by atoms with van der Waals surface area (Å²) in [5.74, 6) is 1.11. The normalized spacial score (nSPS) is 20.2. The molecule has 1 aliphatic rings. The molecule has 1 N–H and O–H groups in total. The van der Waals surface area contributed by atoms with E-state index < -0.39 is 10.0 Å². The summed E-state index contributed by atoms with van der Waals surface area (Å²) in [6.45, 7) is 6.23. The van der Waals surface area contributed by atoms with Gasteiger partial charge in [-0.05, 0) is 33.2 Å². The van der Waals surface area contributed by atoms with Crippen LogP contribution in [0.1, 0.15) is 57.1 Å². The molecule has 6 heteroatoms. The average molecular weight is 271 g/mol. The molecule has 0 aromatic carbocycles. The van der Waals surface area contributed by atoms with E-state index in [1.54, 1.807) is 0 Å². The maximum Gasteiger partial charge on any atom is 0.259 e. The van der Waals surface area contributed by atoms with Crippen LogP contribution >= 0.6 is 0 Å². The lowest BCUT2D eigenvalue weighted by Gasteiger charge is -2.25. The van der Waals surface area contributed by atoms with Gasteiger partial charge in [-0.3, -0.25) is 0 Å². The standard InChI is InChI=1S/C12H21N3O2S/c1-8(2)11-14-12(18(16,17)13-4)10-7-5-6-9(3)15(10)11/h8-9,13H,5-7H2,1-4H3. The number of nitrogens with one attached hydrogen (secondary N) is 1. The third-order valence-corrected chi connectivity index (χ3v) is 4.89. The minimum Gasteiger partial charge on any atom is -0.328 e. The van der Waals surface area contributed by atoms with Gasteiger partial charge < -0.3 is 4.57 Å². The summed E-state index contributed by atoms with van der Waals surface area (Å²) >= 11 is 0. The monoisotopic (exact) mass is 271 g/mol. The number of imidazole rings is 1. The molecule has 0 saturated carbocycles. The first-order valence-electron chi connectivity index (χ1n) is 6.43. The Bertz CT molecular complexity index is 546. The van der Waals surface area contributed by atoms with Crippen LogP contribution < -0.4 is 4.72 Å². The molecule has 1 unspecified atom stereocenters. The van der Waals surface area contributed by atoms with Crippen LogP contribution in [0.4, 0.5) is 0 Å². The average Bonchev–Trinajstić information content (AvgIpc) is 2.70. The van der Waals surface area contributed by atoms with Crippen LogP contribution in [-0.2, 0) is 16.4 Å². The van der Waals surface area contributed by atoms with Gasteiger partial charge in [-0.2, -0.15) is 0 Å². The van der Waals surface area contributed by atoms with E-state index in [0.717, 1.165) is 30.8 Å². The molecule has 0 radical (unpaired) electrons. The fourth-order valence-corrected chi connectivity index (χ4v) is 3.51. The van der Waals surface area contributed by atoms with E-state index in [2.05, 4.69) is 21.2 Å². The summed E-state index contributed by atoms with van der Waals surface area (Å²) in [7, 11) is -2.02. The molecule has 102 valence electrons. The van der Waals surface area contributed by atoms with Gasteiger partial charge in [-0.15, -0.1) is 0 Å². The molecule has 1 aromatic heterocycles. The lowest BCUT2D eigenvalue weighted by atomic mass is 10.0. The molecular weight excluding hydrogens is 250 g/mol. The fourth-order valence-electron chi connectivity index (χ4n) is 2.60. The number of rotatable bonds is 3. The highest BCUT2D eigenvalue weighted by molar-refractivity contribution is 7.89. The number of hydrogen-bond donors (Lipinski definition) is 1. The van der Waals surface area contributed by atoms with Gasteiger partial charge in [0.1, 0.15) is 5.82 Å². The molecule has 5 nitrogen and oxygen atoms in total. The zero-order valence-electron chi connectivity index (χ0n) is 11.4. The Morgan fingerprint density at radius 3 is 2.67 bits per heavy atom. The quantitative estimate of drug-likeness (QED) is 0.912. The number of hydrogen-bond acceptors (Lipinski definition) is 3. The van der Waals surface area contributed by atoms with Gasteiger partial charge in [-0.1, -0.05) is 13.8 Å². The summed E-state index contributed by atoms with van der Waals surface area (Å²) in [6, 6.07) is 0.333. The largest absolute Gasteiger partial charge is 0.328 e. The second-order valence-corrected chi connectivity index (χ2v) is 7.00. The molecule has 0 saturated heterocycles. The van der Waals surface area contributed by atoms with Crippen molar-refractivity contribution in [1.82, 2.24) is 14.3 Å². The zero-order chi connectivity index (χ0) is 13.5. The Morgan fingerprint density at radius 1 is 1.44 bits per heavy atom. The van der Waals surface area contributed by atoms with Gasteiger partial charge >= 0.3 is 0 Å². The lowest BCUT2D eigenvalue weighted by Crippen LogP contribution is -2.23. The Labute approximate surface area is 109 Å². The zero-order valence-corrected chi connectivity index (χ0v) is 12.2. The Balaban J connectivity index is 2.67. The maximum absolute atomic E-state index is 12.0. The van der Waals surface area contributed by atoms with Crippen molar-refractivity contribution < 1.29 is 8.42 Å². The molecule has 0 spiro atoms. The topological polar surface area (TPSA) is 64.0 Å². The highest BCUT2D eigenvalue weighted by atomic mass is 32.2. The molecule has 18 heavy (non-hydrogen) atoms. The molecule has 2 heterocycles. The van der Waals surface area contributed by atoms with Crippen molar-refractivity contribution in [3.63, 3.8) is 0 Å². The van der Waals surface area contributed by atoms with Gasteiger partial charge in [0.15, 0.2) is 5.03 Å². The molecule has 2 rings (SSSR count). The highest BCUT2D eigenvalue weighted by Gasteiger charge is 2.30. The first-order valence-corrected chi connectivity index (χ1v) is 7.91. The SMILES string of the molecule is CNS(=O)(=O)c1nc(C(C)C)n2c1CCCC2C. The van der Waals surface area contributed by atoms with E-state index in [1.165, 1.54) is 7.05 Å². The Morgan fingerprint density at radius 2 is 2.11 bits per heavy atom. The molecule has 0 bridgehead atoms. The second kappa shape index (κ2) is 4.66. The van der Waals surface area contributed by atoms with Crippen LogP contribution in [0.5, 0.6) is 0 Å². The van der Waals surface area contributed by atoms with Crippen LogP contribution in [0.25, 0.3) is 0 Å². The van der Waals surface area contributed by atoms with Crippen molar-refractivity contribution in [2.24, 2.45) is 0 Å². The summed E-state index contributed by atoms with van der Waals surface area (Å²) in [4.78, 5) is 4.40. The smallest absolute Gasteiger partial charge is 0.259 e. The van der Waals surface area contributed by atoms with Gasteiger partial charge in [0.05, 0.1) is 5.69 Å². The molecule has 0 aliphatic carbocycles. The third kappa shape index (κ3) is 2.07. The third-order valence-electron chi connectivity index (χ3n) is 3.52. The Kier molecular flexibility index (Phi) is 3.51. The van der Waals surface area contributed by atoms with E-state index in [0.29, 0.717) is 6.04 Å². The molecular formula is C12H21N3O2S. The van der Waals surface area contributed by atoms with Crippen molar-refractivity contribution in [3.8, 4) is 0 Å². The number of fused-ring (bicyclic) bond motifs is 1. The molecule has 1 atom stereocenters. The minimum atomic E-state index is -3.46. The predicted octanol–water partition coefficient (Wildman–Crippen LogP) is 1.81. The number of aromatic nitrogens is 2. The van der Waals surface area contributed by atoms with E-state index in [-0.39, 0.29) is 10.9 Å². The van der Waals surface area contributed by atoms with Gasteiger partial charge in [0, 0.05) is 12.0 Å². The van der Waals surface area contributed by atoms with Crippen molar-refractivity contribution >= 4 is 10.0 Å². The predicted molar refractivity (Wildman–Crippen MR) is 70.2 cm³/mol. The van der Waals surface area contributed by atoms with Crippen molar-refractivity contribution in [2.45, 2.75) is 57.0 Å². The van der Waals surface area contributed by atoms with Gasteiger partial charge in [0.25, 0.3) is 10.0 Å². The van der Waals surface area contributed by atoms with Gasteiger partial charge in [-0.25, -0.2) is 18.1 Å². The van der Waals surface area contributed by atoms with Crippen molar-refractivity contribution in [1.29, 1.82) is 0 Å². The molecule has 1 aromatic rings. The van der Waals surface area contributed by atoms with E-state index in [4.69, 9.17) is 0 Å². The second-order valence-electron chi connectivity index (χ2n) is 5.20. The van der Waals surface area contributed by atoms with Crippen LogP contribution in [0, 0.1) is 0 Å². The van der Waals surface area contributed by atoms with Crippen molar-refractivity contribution in [3.05, 3.63) is 11.5 Å². The molecule has 0 amide bonds. The lowest BCUT2D eigenvalue weighted by molar-refractivity contribution is 0.410. The summed E-state index contributed by atoms with van der Waals surface area (Å²) in [6.07, 6.45) is 2.90. The number of nitrogens with zero attached hydrogens (tertiary/aromatic N) is 2. The summed E-state index contributed by atoms with van der Waals surface area (Å²) in [5, 5.41) is 0.222. The minimum absolute atomic E-state index is 0.222. The van der Waals surface area contributed by atoms with E-state index in [9.17, 15) is 8.42 Å². The highest BCUT2D eigenvalue weighted by Crippen LogP contribution is 2.33. The van der Waals surface area contributed by atoms with Crippen LogP contribution in [0.15, 0.2) is 5.03 Å². The van der Waals surface area contributed by atoms with Gasteiger partial charge in [0.2, 0.25) is 0 Å². The first kappa shape index (κ1) is 13.5. The molecule has 0 fully saturated rings. The summed E-state index contributed by atoms with van der Waals surface area (Å²) in [5.41, 5.74) is 0.867. The van der Waals surface area contributed by atoms with Crippen LogP contribution in [0.3, 0.4) is 0 Å². The summed E-state index contributed by atoms with van der Waals surface area (Å²) < 4.78 is 28.6. The fraction of sp³-hybridized carbons (Fsp3) is 0.750. The van der Waals surface area contributed by atoms with Crippen LogP contribution in [-0.4, -0.2) is 25.0 Å². The Hall–Kier alpha value is -0.880. The number of sulfonamides is 1. The van der Waals surface area contributed by atoms with Crippen LogP contribution in [0.2, 0.25) is 0 Å². The first-order chi connectivity index (χ1) is 8.38.